The Morgan fingerprint density at radius 2 is 2.12 bits per heavy atom. The molecule has 4 heteroatoms. The Hall–Kier alpha value is -1.23. The highest BCUT2D eigenvalue weighted by molar-refractivity contribution is 5.84. The summed E-state index contributed by atoms with van der Waals surface area (Å²) in [5.74, 6) is 0.0804. The van der Waals surface area contributed by atoms with E-state index in [-0.39, 0.29) is 24.3 Å². The molecule has 2 fully saturated rings. The molecule has 0 radical (unpaired) electrons. The number of Topliss-reactive ketones (excluding diaryl/α,β-unsaturated/α-hetero) is 1. The first kappa shape index (κ1) is 10.9. The van der Waals surface area contributed by atoms with Crippen molar-refractivity contribution in [1.29, 1.82) is 0 Å². The average Bonchev–Trinajstić information content (AvgIpc) is 2.80. The molecule has 90 valence electrons. The molecule has 2 aliphatic heterocycles. The van der Waals surface area contributed by atoms with E-state index in [0.29, 0.717) is 19.6 Å². The molecule has 3 rings (SSSR count). The van der Waals surface area contributed by atoms with Crippen LogP contribution >= 0.6 is 0 Å². The molecule has 0 N–H and O–H groups in total. The third kappa shape index (κ3) is 2.24. The van der Waals surface area contributed by atoms with Gasteiger partial charge in [-0.2, -0.15) is 0 Å². The van der Waals surface area contributed by atoms with E-state index in [1.807, 2.05) is 30.3 Å². The van der Waals surface area contributed by atoms with Crippen molar-refractivity contribution in [3.05, 3.63) is 35.9 Å². The van der Waals surface area contributed by atoms with Crippen molar-refractivity contribution in [3.8, 4) is 0 Å². The maximum atomic E-state index is 11.6. The predicted molar refractivity (Wildman–Crippen MR) is 59.3 cm³/mol. The summed E-state index contributed by atoms with van der Waals surface area (Å²) in [6.07, 6.45) is -0.623. The van der Waals surface area contributed by atoms with E-state index in [1.165, 1.54) is 0 Å². The first-order valence-electron chi connectivity index (χ1n) is 5.78. The third-order valence-electron chi connectivity index (χ3n) is 3.08. The minimum absolute atomic E-state index is 0.0804. The highest BCUT2D eigenvalue weighted by Gasteiger charge is 2.43. The largest absolute Gasteiger partial charge is 0.368 e. The standard InChI is InChI=1S/C13H14O4/c14-10-6-11(13-16-8-12(10)17-13)15-7-9-4-2-1-3-5-9/h1-5,11-13H,6-8H2/t11-,12?,13+/m0/s1. The lowest BCUT2D eigenvalue weighted by atomic mass is 10.1. The molecule has 3 atom stereocenters. The Labute approximate surface area is 99.5 Å². The second kappa shape index (κ2) is 4.56. The van der Waals surface area contributed by atoms with Gasteiger partial charge in [0.05, 0.1) is 13.2 Å². The first-order valence-corrected chi connectivity index (χ1v) is 5.78. The van der Waals surface area contributed by atoms with Gasteiger partial charge >= 0.3 is 0 Å². The van der Waals surface area contributed by atoms with Crippen LogP contribution in [0.5, 0.6) is 0 Å². The van der Waals surface area contributed by atoms with Crippen molar-refractivity contribution in [3.63, 3.8) is 0 Å². The van der Waals surface area contributed by atoms with Crippen LogP contribution < -0.4 is 0 Å². The Bertz CT molecular complexity index is 403. The third-order valence-corrected chi connectivity index (χ3v) is 3.08. The van der Waals surface area contributed by atoms with Crippen LogP contribution in [0.2, 0.25) is 0 Å². The monoisotopic (exact) mass is 234 g/mol. The van der Waals surface area contributed by atoms with E-state index in [2.05, 4.69) is 0 Å². The van der Waals surface area contributed by atoms with Crippen molar-refractivity contribution < 1.29 is 19.0 Å². The van der Waals surface area contributed by atoms with Crippen molar-refractivity contribution >= 4 is 5.78 Å². The van der Waals surface area contributed by atoms with Crippen molar-refractivity contribution in [2.75, 3.05) is 6.61 Å². The topological polar surface area (TPSA) is 44.8 Å². The zero-order valence-electron chi connectivity index (χ0n) is 9.37. The van der Waals surface area contributed by atoms with E-state index in [9.17, 15) is 4.79 Å². The molecule has 2 bridgehead atoms. The molecular formula is C13H14O4. The van der Waals surface area contributed by atoms with Gasteiger partial charge in [-0.25, -0.2) is 0 Å². The lowest BCUT2D eigenvalue weighted by molar-refractivity contribution is -0.182. The Morgan fingerprint density at radius 1 is 1.29 bits per heavy atom. The van der Waals surface area contributed by atoms with Crippen molar-refractivity contribution in [2.45, 2.75) is 31.5 Å². The zero-order valence-corrected chi connectivity index (χ0v) is 9.37. The SMILES string of the molecule is O=C1C[C@H](OCc2ccccc2)[C@@H]2OCC1O2. The summed E-state index contributed by atoms with van der Waals surface area (Å²) in [4.78, 5) is 11.6. The number of ether oxygens (including phenoxy) is 3. The smallest absolute Gasteiger partial charge is 0.185 e. The number of fused-ring (bicyclic) bond motifs is 2. The average molecular weight is 234 g/mol. The Morgan fingerprint density at radius 3 is 2.94 bits per heavy atom. The van der Waals surface area contributed by atoms with Crippen LogP contribution in [0.3, 0.4) is 0 Å². The van der Waals surface area contributed by atoms with Gasteiger partial charge in [-0.15, -0.1) is 0 Å². The summed E-state index contributed by atoms with van der Waals surface area (Å²) in [5.41, 5.74) is 1.08. The number of benzene rings is 1. The van der Waals surface area contributed by atoms with Crippen LogP contribution in [0.1, 0.15) is 12.0 Å². The summed E-state index contributed by atoms with van der Waals surface area (Å²) >= 11 is 0. The molecule has 4 nitrogen and oxygen atoms in total. The molecule has 2 aliphatic rings. The highest BCUT2D eigenvalue weighted by atomic mass is 16.7. The van der Waals surface area contributed by atoms with Gasteiger partial charge in [0.1, 0.15) is 12.2 Å². The highest BCUT2D eigenvalue weighted by Crippen LogP contribution is 2.27. The molecule has 1 aromatic rings. The maximum Gasteiger partial charge on any atom is 0.185 e. The number of hydrogen-bond donors (Lipinski definition) is 0. The number of ketones is 1. The minimum atomic E-state index is -0.374. The van der Waals surface area contributed by atoms with Gasteiger partial charge in [-0.3, -0.25) is 4.79 Å². The normalized spacial score (nSPS) is 31.8. The molecule has 0 amide bonds. The van der Waals surface area contributed by atoms with Crippen LogP contribution in [0.15, 0.2) is 30.3 Å². The van der Waals surface area contributed by atoms with Crippen molar-refractivity contribution in [2.24, 2.45) is 0 Å². The summed E-state index contributed by atoms with van der Waals surface area (Å²) in [7, 11) is 0. The second-order valence-corrected chi connectivity index (χ2v) is 4.33. The predicted octanol–water partition coefficient (Wildman–Crippen LogP) is 1.29. The summed E-state index contributed by atoms with van der Waals surface area (Å²) in [6, 6.07) is 9.86. The summed E-state index contributed by atoms with van der Waals surface area (Å²) in [6.45, 7) is 0.849. The van der Waals surface area contributed by atoms with Crippen LogP contribution in [0.25, 0.3) is 0 Å². The molecule has 2 saturated heterocycles. The van der Waals surface area contributed by atoms with Gasteiger partial charge in [0, 0.05) is 6.42 Å². The molecule has 1 aromatic carbocycles. The zero-order chi connectivity index (χ0) is 11.7. The molecule has 2 heterocycles. The molecule has 0 spiro atoms. The van der Waals surface area contributed by atoms with Crippen LogP contribution in [-0.4, -0.2) is 30.9 Å². The van der Waals surface area contributed by atoms with Gasteiger partial charge in [-0.05, 0) is 5.56 Å². The minimum Gasteiger partial charge on any atom is -0.368 e. The van der Waals surface area contributed by atoms with E-state index < -0.39 is 0 Å². The quantitative estimate of drug-likeness (QED) is 0.790. The van der Waals surface area contributed by atoms with Crippen LogP contribution in [-0.2, 0) is 25.6 Å². The Kier molecular flexibility index (Phi) is 2.93. The molecule has 1 unspecified atom stereocenters. The lowest BCUT2D eigenvalue weighted by Crippen LogP contribution is -2.40. The van der Waals surface area contributed by atoms with Crippen molar-refractivity contribution in [1.82, 2.24) is 0 Å². The van der Waals surface area contributed by atoms with Gasteiger partial charge < -0.3 is 14.2 Å². The molecular weight excluding hydrogens is 220 g/mol. The maximum absolute atomic E-state index is 11.6. The molecule has 17 heavy (non-hydrogen) atoms. The fraction of sp³-hybridized carbons (Fsp3) is 0.462. The number of hydrogen-bond acceptors (Lipinski definition) is 4. The molecule has 0 aromatic heterocycles. The van der Waals surface area contributed by atoms with Gasteiger partial charge in [0.2, 0.25) is 0 Å². The summed E-state index contributed by atoms with van der Waals surface area (Å²) < 4.78 is 16.5. The Balaban J connectivity index is 1.60. The summed E-state index contributed by atoms with van der Waals surface area (Å²) in [5, 5.41) is 0. The fourth-order valence-corrected chi connectivity index (χ4v) is 2.13. The van der Waals surface area contributed by atoms with Gasteiger partial charge in [-0.1, -0.05) is 30.3 Å². The number of rotatable bonds is 3. The number of carbonyl (C=O) groups is 1. The fourth-order valence-electron chi connectivity index (χ4n) is 2.13. The second-order valence-electron chi connectivity index (χ2n) is 4.33. The molecule has 0 saturated carbocycles. The van der Waals surface area contributed by atoms with Crippen LogP contribution in [0.4, 0.5) is 0 Å². The van der Waals surface area contributed by atoms with E-state index in [0.717, 1.165) is 5.56 Å². The van der Waals surface area contributed by atoms with Gasteiger partial charge in [0.15, 0.2) is 12.1 Å². The van der Waals surface area contributed by atoms with E-state index >= 15 is 0 Å². The van der Waals surface area contributed by atoms with E-state index in [4.69, 9.17) is 14.2 Å². The first-order chi connectivity index (χ1) is 8.33. The lowest BCUT2D eigenvalue weighted by Gasteiger charge is -2.26. The van der Waals surface area contributed by atoms with Crippen LogP contribution in [0, 0.1) is 0 Å². The van der Waals surface area contributed by atoms with E-state index in [1.54, 1.807) is 0 Å². The van der Waals surface area contributed by atoms with Gasteiger partial charge in [0.25, 0.3) is 0 Å². The molecule has 0 aliphatic carbocycles. The number of carbonyl (C=O) groups excluding carboxylic acids is 1.